The fraction of sp³-hybridized carbons (Fsp3) is 0.238. The van der Waals surface area contributed by atoms with Crippen molar-refractivity contribution < 1.29 is 14.3 Å². The van der Waals surface area contributed by atoms with Crippen LogP contribution in [-0.2, 0) is 9.53 Å². The van der Waals surface area contributed by atoms with Gasteiger partial charge in [-0.3, -0.25) is 4.79 Å². The zero-order valence-electron chi connectivity index (χ0n) is 14.3. The first-order chi connectivity index (χ1) is 12.1. The first kappa shape index (κ1) is 17.5. The summed E-state index contributed by atoms with van der Waals surface area (Å²) < 4.78 is 5.26. The molecule has 2 atom stereocenters. The van der Waals surface area contributed by atoms with Crippen molar-refractivity contribution >= 4 is 23.5 Å². The second kappa shape index (κ2) is 7.70. The molecule has 3 nitrogen and oxygen atoms in total. The maximum atomic E-state index is 13.1. The Kier molecular flexibility index (Phi) is 5.39. The van der Waals surface area contributed by atoms with E-state index in [-0.39, 0.29) is 22.9 Å². The predicted octanol–water partition coefficient (Wildman–Crippen LogP) is 4.61. The molecule has 1 heterocycles. The summed E-state index contributed by atoms with van der Waals surface area (Å²) in [6.07, 6.45) is 0. The average molecular weight is 352 g/mol. The monoisotopic (exact) mass is 352 g/mol. The van der Waals surface area contributed by atoms with E-state index in [9.17, 15) is 9.59 Å². The molecule has 0 radical (unpaired) electrons. The molecule has 0 unspecified atom stereocenters. The normalized spacial score (nSPS) is 19.8. The quantitative estimate of drug-likeness (QED) is 0.582. The number of carbonyl (C=O) groups excluding carboxylic acids is 2. The van der Waals surface area contributed by atoms with E-state index in [2.05, 4.69) is 0 Å². The molecule has 0 saturated heterocycles. The van der Waals surface area contributed by atoms with Crippen molar-refractivity contribution in [2.45, 2.75) is 25.0 Å². The van der Waals surface area contributed by atoms with Crippen LogP contribution in [0.1, 0.15) is 35.7 Å². The van der Waals surface area contributed by atoms with E-state index in [0.717, 1.165) is 10.5 Å². The molecular formula is C21H20O3S. The molecule has 1 aliphatic heterocycles. The third-order valence-electron chi connectivity index (χ3n) is 4.27. The molecule has 3 rings (SSSR count). The third kappa shape index (κ3) is 3.54. The molecule has 2 aromatic rings. The Balaban J connectivity index is 2.02. The average Bonchev–Trinajstić information content (AvgIpc) is 3.00. The van der Waals surface area contributed by atoms with Gasteiger partial charge in [0.1, 0.15) is 0 Å². The lowest BCUT2D eigenvalue weighted by Gasteiger charge is -2.21. The summed E-state index contributed by atoms with van der Waals surface area (Å²) in [4.78, 5) is 26.5. The largest absolute Gasteiger partial charge is 0.463 e. The highest BCUT2D eigenvalue weighted by atomic mass is 32.2. The number of ether oxygens (including phenoxy) is 1. The van der Waals surface area contributed by atoms with Gasteiger partial charge in [0, 0.05) is 11.5 Å². The van der Waals surface area contributed by atoms with Crippen LogP contribution >= 0.6 is 11.8 Å². The Morgan fingerprint density at radius 2 is 1.60 bits per heavy atom. The summed E-state index contributed by atoms with van der Waals surface area (Å²) in [6.45, 7) is 4.00. The summed E-state index contributed by atoms with van der Waals surface area (Å²) in [6, 6.07) is 19.0. The maximum Gasteiger partial charge on any atom is 0.335 e. The van der Waals surface area contributed by atoms with Gasteiger partial charge in [0.2, 0.25) is 0 Å². The summed E-state index contributed by atoms with van der Waals surface area (Å²) >= 11 is 1.46. The minimum absolute atomic E-state index is 0.0399. The molecule has 0 bridgehead atoms. The third-order valence-corrected chi connectivity index (χ3v) is 5.58. The van der Waals surface area contributed by atoms with E-state index in [4.69, 9.17) is 4.74 Å². The van der Waals surface area contributed by atoms with Crippen molar-refractivity contribution in [3.8, 4) is 0 Å². The van der Waals surface area contributed by atoms with E-state index >= 15 is 0 Å². The standard InChI is InChI=1S/C21H20O3S/c1-3-24-21(23)17-14(2)25-20(18(17)15-10-6-4-7-11-15)19(22)16-12-8-5-9-13-16/h4-13,18,20H,3H2,1-2H3/t18-,20+/m1/s1. The number of ketones is 1. The number of benzene rings is 2. The number of hydrogen-bond acceptors (Lipinski definition) is 4. The van der Waals surface area contributed by atoms with Gasteiger partial charge in [-0.1, -0.05) is 60.7 Å². The van der Waals surface area contributed by atoms with Crippen LogP contribution < -0.4 is 0 Å². The molecule has 0 N–H and O–H groups in total. The summed E-state index contributed by atoms with van der Waals surface area (Å²) in [5, 5.41) is -0.357. The molecule has 0 aromatic heterocycles. The highest BCUT2D eigenvalue weighted by molar-refractivity contribution is 8.04. The molecule has 0 saturated carbocycles. The second-order valence-electron chi connectivity index (χ2n) is 5.85. The van der Waals surface area contributed by atoms with Gasteiger partial charge in [-0.15, -0.1) is 11.8 Å². The van der Waals surface area contributed by atoms with E-state index in [1.54, 1.807) is 6.92 Å². The Hall–Kier alpha value is -2.33. The molecule has 2 aromatic carbocycles. The van der Waals surface area contributed by atoms with Gasteiger partial charge in [-0.25, -0.2) is 4.79 Å². The fourth-order valence-electron chi connectivity index (χ4n) is 3.15. The van der Waals surface area contributed by atoms with Crippen LogP contribution in [0, 0.1) is 0 Å². The topological polar surface area (TPSA) is 43.4 Å². The molecule has 128 valence electrons. The SMILES string of the molecule is CCOC(=O)C1=C(C)S[C@H](C(=O)c2ccccc2)[C@@H]1c1ccccc1. The van der Waals surface area contributed by atoms with Gasteiger partial charge in [0.25, 0.3) is 0 Å². The molecule has 0 fully saturated rings. The van der Waals surface area contributed by atoms with Crippen LogP contribution in [0.5, 0.6) is 0 Å². The number of rotatable bonds is 5. The van der Waals surface area contributed by atoms with Crippen molar-refractivity contribution in [1.29, 1.82) is 0 Å². The van der Waals surface area contributed by atoms with Crippen molar-refractivity contribution in [3.63, 3.8) is 0 Å². The second-order valence-corrected chi connectivity index (χ2v) is 7.20. The minimum Gasteiger partial charge on any atom is -0.463 e. The Morgan fingerprint density at radius 1 is 1.00 bits per heavy atom. The fourth-order valence-corrected chi connectivity index (χ4v) is 4.54. The highest BCUT2D eigenvalue weighted by Crippen LogP contribution is 2.49. The molecule has 0 aliphatic carbocycles. The van der Waals surface area contributed by atoms with Gasteiger partial charge in [0.05, 0.1) is 17.4 Å². The molecule has 4 heteroatoms. The summed E-state index contributed by atoms with van der Waals surface area (Å²) in [7, 11) is 0. The van der Waals surface area contributed by atoms with Crippen molar-refractivity contribution in [2.24, 2.45) is 0 Å². The van der Waals surface area contributed by atoms with Gasteiger partial charge in [-0.2, -0.15) is 0 Å². The molecule has 0 amide bonds. The smallest absolute Gasteiger partial charge is 0.335 e. The van der Waals surface area contributed by atoms with Gasteiger partial charge >= 0.3 is 5.97 Å². The number of thioether (sulfide) groups is 1. The first-order valence-corrected chi connectivity index (χ1v) is 9.20. The molecular weight excluding hydrogens is 332 g/mol. The summed E-state index contributed by atoms with van der Waals surface area (Å²) in [5.74, 6) is -0.583. The van der Waals surface area contributed by atoms with Crippen molar-refractivity contribution in [2.75, 3.05) is 6.61 Å². The zero-order chi connectivity index (χ0) is 17.8. The van der Waals surface area contributed by atoms with Crippen LogP contribution in [0.3, 0.4) is 0 Å². The zero-order valence-corrected chi connectivity index (χ0v) is 15.1. The van der Waals surface area contributed by atoms with Gasteiger partial charge < -0.3 is 4.74 Å². The number of esters is 1. The first-order valence-electron chi connectivity index (χ1n) is 8.32. The molecule has 0 spiro atoms. The minimum atomic E-state index is -0.357. The van der Waals surface area contributed by atoms with E-state index < -0.39 is 0 Å². The van der Waals surface area contributed by atoms with Gasteiger partial charge in [0.15, 0.2) is 5.78 Å². The van der Waals surface area contributed by atoms with E-state index in [1.165, 1.54) is 11.8 Å². The number of hydrogen-bond donors (Lipinski definition) is 0. The Bertz CT molecular complexity index is 796. The van der Waals surface area contributed by atoms with E-state index in [0.29, 0.717) is 17.7 Å². The Labute approximate surface area is 152 Å². The van der Waals surface area contributed by atoms with Crippen LogP contribution in [0.15, 0.2) is 71.1 Å². The number of allylic oxidation sites excluding steroid dienone is 1. The number of carbonyl (C=O) groups is 2. The lowest BCUT2D eigenvalue weighted by Crippen LogP contribution is -2.26. The Morgan fingerprint density at radius 3 is 2.20 bits per heavy atom. The van der Waals surface area contributed by atoms with Crippen molar-refractivity contribution in [3.05, 3.63) is 82.3 Å². The van der Waals surface area contributed by atoms with Crippen LogP contribution in [0.25, 0.3) is 0 Å². The van der Waals surface area contributed by atoms with Crippen molar-refractivity contribution in [1.82, 2.24) is 0 Å². The summed E-state index contributed by atoms with van der Waals surface area (Å²) in [5.41, 5.74) is 2.23. The van der Waals surface area contributed by atoms with Crippen LogP contribution in [0.4, 0.5) is 0 Å². The predicted molar refractivity (Wildman–Crippen MR) is 101 cm³/mol. The molecule has 1 aliphatic rings. The van der Waals surface area contributed by atoms with Crippen LogP contribution in [-0.4, -0.2) is 23.6 Å². The van der Waals surface area contributed by atoms with Crippen LogP contribution in [0.2, 0.25) is 0 Å². The lowest BCUT2D eigenvalue weighted by molar-refractivity contribution is -0.138. The maximum absolute atomic E-state index is 13.1. The van der Waals surface area contributed by atoms with E-state index in [1.807, 2.05) is 67.6 Å². The number of Topliss-reactive ketones (excluding diaryl/α,β-unsaturated/α-hetero) is 1. The lowest BCUT2D eigenvalue weighted by atomic mass is 9.85. The molecule has 25 heavy (non-hydrogen) atoms. The van der Waals surface area contributed by atoms with Gasteiger partial charge in [-0.05, 0) is 24.3 Å². The highest BCUT2D eigenvalue weighted by Gasteiger charge is 2.43.